The SMILES string of the molecule is C[C@H](NS(=O)(=O)c1ccc(F)cc1)C12CC3CC(CC(C3)C1)C2. The summed E-state index contributed by atoms with van der Waals surface area (Å²) in [5.74, 6) is 1.95. The Bertz CT molecular complexity index is 663. The van der Waals surface area contributed by atoms with Crippen molar-refractivity contribution in [3.63, 3.8) is 0 Å². The highest BCUT2D eigenvalue weighted by Crippen LogP contribution is 2.61. The zero-order valence-corrected chi connectivity index (χ0v) is 14.3. The zero-order valence-electron chi connectivity index (χ0n) is 13.5. The Hall–Kier alpha value is -0.940. The number of benzene rings is 1. The molecule has 23 heavy (non-hydrogen) atoms. The van der Waals surface area contributed by atoms with Gasteiger partial charge in [-0.3, -0.25) is 0 Å². The van der Waals surface area contributed by atoms with Gasteiger partial charge < -0.3 is 0 Å². The Morgan fingerprint density at radius 3 is 2.00 bits per heavy atom. The summed E-state index contributed by atoms with van der Waals surface area (Å²) in [4.78, 5) is 0.149. The highest BCUT2D eigenvalue weighted by Gasteiger charge is 2.53. The minimum absolute atomic E-state index is 0.0639. The average Bonchev–Trinajstić information content (AvgIpc) is 2.45. The maximum absolute atomic E-state index is 13.0. The van der Waals surface area contributed by atoms with Crippen molar-refractivity contribution < 1.29 is 12.8 Å². The molecule has 5 heteroatoms. The Morgan fingerprint density at radius 1 is 1.04 bits per heavy atom. The third-order valence-corrected chi connectivity index (χ3v) is 8.02. The van der Waals surface area contributed by atoms with Gasteiger partial charge in [0, 0.05) is 6.04 Å². The third-order valence-electron chi connectivity index (χ3n) is 6.46. The number of rotatable bonds is 4. The van der Waals surface area contributed by atoms with E-state index < -0.39 is 15.8 Å². The van der Waals surface area contributed by atoms with E-state index in [2.05, 4.69) is 4.72 Å². The fourth-order valence-corrected chi connectivity index (χ4v) is 7.09. The van der Waals surface area contributed by atoms with Crippen LogP contribution in [0.4, 0.5) is 4.39 Å². The molecule has 0 unspecified atom stereocenters. The van der Waals surface area contributed by atoms with E-state index in [1.165, 1.54) is 43.5 Å². The van der Waals surface area contributed by atoms with E-state index >= 15 is 0 Å². The van der Waals surface area contributed by atoms with E-state index in [9.17, 15) is 12.8 Å². The number of hydrogen-bond donors (Lipinski definition) is 1. The molecule has 1 aromatic carbocycles. The summed E-state index contributed by atoms with van der Waals surface area (Å²) in [6, 6.07) is 5.01. The summed E-state index contributed by atoms with van der Waals surface area (Å²) >= 11 is 0. The fraction of sp³-hybridized carbons (Fsp3) is 0.667. The van der Waals surface area contributed by atoms with E-state index in [0.717, 1.165) is 37.0 Å². The van der Waals surface area contributed by atoms with E-state index in [-0.39, 0.29) is 16.4 Å². The molecule has 0 aromatic heterocycles. The van der Waals surface area contributed by atoms with Gasteiger partial charge in [0.05, 0.1) is 4.90 Å². The van der Waals surface area contributed by atoms with Crippen molar-refractivity contribution in [2.75, 3.05) is 0 Å². The van der Waals surface area contributed by atoms with Crippen molar-refractivity contribution in [2.24, 2.45) is 23.2 Å². The van der Waals surface area contributed by atoms with Gasteiger partial charge >= 0.3 is 0 Å². The monoisotopic (exact) mass is 337 g/mol. The molecule has 0 amide bonds. The summed E-state index contributed by atoms with van der Waals surface area (Å²) < 4.78 is 41.2. The normalized spacial score (nSPS) is 37.0. The first-order chi connectivity index (χ1) is 10.9. The summed E-state index contributed by atoms with van der Waals surface area (Å²) in [6.07, 6.45) is 7.51. The minimum Gasteiger partial charge on any atom is -0.208 e. The van der Waals surface area contributed by atoms with Gasteiger partial charge in [-0.15, -0.1) is 0 Å². The van der Waals surface area contributed by atoms with Crippen molar-refractivity contribution in [2.45, 2.75) is 56.4 Å². The van der Waals surface area contributed by atoms with Crippen molar-refractivity contribution in [1.29, 1.82) is 0 Å². The molecule has 0 heterocycles. The Morgan fingerprint density at radius 2 is 1.52 bits per heavy atom. The molecule has 1 aromatic rings. The first kappa shape index (κ1) is 15.6. The highest BCUT2D eigenvalue weighted by molar-refractivity contribution is 7.89. The lowest BCUT2D eigenvalue weighted by molar-refractivity contribution is -0.0666. The lowest BCUT2D eigenvalue weighted by Gasteiger charge is -2.59. The Kier molecular flexibility index (Phi) is 3.58. The second-order valence-corrected chi connectivity index (χ2v) is 9.79. The molecule has 4 saturated carbocycles. The van der Waals surface area contributed by atoms with Crippen LogP contribution in [0.25, 0.3) is 0 Å². The smallest absolute Gasteiger partial charge is 0.208 e. The molecule has 0 radical (unpaired) electrons. The largest absolute Gasteiger partial charge is 0.240 e. The minimum atomic E-state index is -3.59. The van der Waals surface area contributed by atoms with Crippen LogP contribution in [-0.4, -0.2) is 14.5 Å². The van der Waals surface area contributed by atoms with Gasteiger partial charge in [0.1, 0.15) is 5.82 Å². The van der Waals surface area contributed by atoms with Crippen LogP contribution in [0, 0.1) is 29.0 Å². The zero-order chi connectivity index (χ0) is 16.2. The topological polar surface area (TPSA) is 46.2 Å². The molecule has 1 atom stereocenters. The van der Waals surface area contributed by atoms with Crippen molar-refractivity contribution in [3.8, 4) is 0 Å². The molecule has 5 rings (SSSR count). The standard InChI is InChI=1S/C18H24FNO2S/c1-12(20-23(21,22)17-4-2-16(19)3-5-17)18-9-13-6-14(10-18)8-15(7-13)11-18/h2-5,12-15,20H,6-11H2,1H3/t12-,13?,14?,15?,18?/m0/s1. The molecule has 126 valence electrons. The molecule has 0 spiro atoms. The molecule has 3 nitrogen and oxygen atoms in total. The predicted molar refractivity (Wildman–Crippen MR) is 86.8 cm³/mol. The molecular formula is C18H24FNO2S. The molecule has 4 fully saturated rings. The van der Waals surface area contributed by atoms with Gasteiger partial charge in [-0.2, -0.15) is 0 Å². The van der Waals surface area contributed by atoms with Crippen LogP contribution < -0.4 is 4.72 Å². The van der Waals surface area contributed by atoms with Crippen LogP contribution in [0.3, 0.4) is 0 Å². The van der Waals surface area contributed by atoms with Crippen LogP contribution in [0.5, 0.6) is 0 Å². The van der Waals surface area contributed by atoms with Gasteiger partial charge in [0.25, 0.3) is 0 Å². The summed E-state index contributed by atoms with van der Waals surface area (Å²) in [5.41, 5.74) is 0.127. The first-order valence-corrected chi connectivity index (χ1v) is 10.1. The molecule has 0 aliphatic heterocycles. The van der Waals surface area contributed by atoms with Gasteiger partial charge in [0.15, 0.2) is 0 Å². The molecule has 1 N–H and O–H groups in total. The Balaban J connectivity index is 1.55. The molecule has 4 aliphatic rings. The highest BCUT2D eigenvalue weighted by atomic mass is 32.2. The maximum atomic E-state index is 13.0. The van der Waals surface area contributed by atoms with E-state index in [1.54, 1.807) is 0 Å². The number of hydrogen-bond acceptors (Lipinski definition) is 2. The van der Waals surface area contributed by atoms with Crippen molar-refractivity contribution in [1.82, 2.24) is 4.72 Å². The van der Waals surface area contributed by atoms with E-state index in [0.29, 0.717) is 0 Å². The Labute approximate surface area is 137 Å². The van der Waals surface area contributed by atoms with Gasteiger partial charge in [-0.05, 0) is 92.9 Å². The fourth-order valence-electron chi connectivity index (χ4n) is 5.75. The van der Waals surface area contributed by atoms with E-state index in [4.69, 9.17) is 0 Å². The quantitative estimate of drug-likeness (QED) is 0.910. The first-order valence-electron chi connectivity index (χ1n) is 8.64. The van der Waals surface area contributed by atoms with Crippen LogP contribution in [0.2, 0.25) is 0 Å². The lowest BCUT2D eigenvalue weighted by atomic mass is 9.48. The van der Waals surface area contributed by atoms with Crippen LogP contribution in [0.1, 0.15) is 45.4 Å². The molecule has 0 saturated heterocycles. The molecule has 4 bridgehead atoms. The van der Waals surface area contributed by atoms with Crippen LogP contribution in [-0.2, 0) is 10.0 Å². The number of halogens is 1. The van der Waals surface area contributed by atoms with E-state index in [1.807, 2.05) is 6.92 Å². The van der Waals surface area contributed by atoms with Gasteiger partial charge in [0.2, 0.25) is 10.0 Å². The lowest BCUT2D eigenvalue weighted by Crippen LogP contribution is -2.55. The third kappa shape index (κ3) is 2.72. The van der Waals surface area contributed by atoms with Gasteiger partial charge in [-0.25, -0.2) is 17.5 Å². The summed E-state index contributed by atoms with van der Waals surface area (Å²) in [5, 5.41) is 0. The van der Waals surface area contributed by atoms with Crippen molar-refractivity contribution in [3.05, 3.63) is 30.1 Å². The van der Waals surface area contributed by atoms with Crippen LogP contribution in [0.15, 0.2) is 29.2 Å². The number of sulfonamides is 1. The second kappa shape index (κ2) is 5.28. The van der Waals surface area contributed by atoms with Crippen molar-refractivity contribution >= 4 is 10.0 Å². The summed E-state index contributed by atoms with van der Waals surface area (Å²) in [7, 11) is -3.59. The average molecular weight is 337 g/mol. The van der Waals surface area contributed by atoms with Gasteiger partial charge in [-0.1, -0.05) is 0 Å². The van der Waals surface area contributed by atoms with Crippen LogP contribution >= 0.6 is 0 Å². The second-order valence-electron chi connectivity index (χ2n) is 8.08. The molecule has 4 aliphatic carbocycles. The summed E-state index contributed by atoms with van der Waals surface area (Å²) in [6.45, 7) is 2.02. The predicted octanol–water partition coefficient (Wildman–Crippen LogP) is 3.71. The number of nitrogens with one attached hydrogen (secondary N) is 1. The maximum Gasteiger partial charge on any atom is 0.240 e. The molecular weight excluding hydrogens is 313 g/mol.